The molecular formula is C9H19N3O3. The van der Waals surface area contributed by atoms with Gasteiger partial charge in [0.1, 0.15) is 0 Å². The predicted molar refractivity (Wildman–Crippen MR) is 55.3 cm³/mol. The summed E-state index contributed by atoms with van der Waals surface area (Å²) in [5.74, 6) is -1.01. The van der Waals surface area contributed by atoms with Crippen LogP contribution in [0, 0.1) is 5.41 Å². The highest BCUT2D eigenvalue weighted by Crippen LogP contribution is 2.19. The molecule has 0 aromatic rings. The molecule has 6 heteroatoms. The van der Waals surface area contributed by atoms with Gasteiger partial charge in [-0.25, -0.2) is 5.48 Å². The van der Waals surface area contributed by atoms with Crippen molar-refractivity contribution in [3.05, 3.63) is 0 Å². The van der Waals surface area contributed by atoms with Gasteiger partial charge in [-0.3, -0.25) is 14.4 Å². The van der Waals surface area contributed by atoms with E-state index in [1.54, 1.807) is 0 Å². The molecule has 15 heavy (non-hydrogen) atoms. The summed E-state index contributed by atoms with van der Waals surface area (Å²) in [6.45, 7) is 5.48. The Morgan fingerprint density at radius 3 is 2.33 bits per heavy atom. The second kappa shape index (κ2) is 5.67. The number of hydroxylamine groups is 1. The average molecular weight is 217 g/mol. The highest BCUT2D eigenvalue weighted by Gasteiger charge is 2.23. The zero-order chi connectivity index (χ0) is 12.1. The largest absolute Gasteiger partial charge is 0.368 e. The van der Waals surface area contributed by atoms with Crippen molar-refractivity contribution in [3.8, 4) is 0 Å². The molecule has 0 aromatic carbocycles. The lowest BCUT2D eigenvalue weighted by Crippen LogP contribution is -2.40. The Morgan fingerprint density at radius 1 is 1.40 bits per heavy atom. The SMILES string of the molecule is CC(C)(C)C(N)CC(=O)NOCC(N)=O. The lowest BCUT2D eigenvalue weighted by molar-refractivity contribution is -0.138. The van der Waals surface area contributed by atoms with Crippen LogP contribution in [0.5, 0.6) is 0 Å². The van der Waals surface area contributed by atoms with E-state index in [1.165, 1.54) is 0 Å². The molecule has 88 valence electrons. The van der Waals surface area contributed by atoms with E-state index in [0.29, 0.717) is 0 Å². The van der Waals surface area contributed by atoms with Crippen molar-refractivity contribution >= 4 is 11.8 Å². The zero-order valence-electron chi connectivity index (χ0n) is 9.37. The first-order valence-corrected chi connectivity index (χ1v) is 4.68. The second-order valence-electron chi connectivity index (χ2n) is 4.46. The molecule has 0 aromatic heterocycles. The molecular weight excluding hydrogens is 198 g/mol. The fraction of sp³-hybridized carbons (Fsp3) is 0.778. The summed E-state index contributed by atoms with van der Waals surface area (Å²) >= 11 is 0. The highest BCUT2D eigenvalue weighted by molar-refractivity contribution is 5.77. The second-order valence-corrected chi connectivity index (χ2v) is 4.46. The first-order chi connectivity index (χ1) is 6.73. The molecule has 0 rings (SSSR count). The Balaban J connectivity index is 3.79. The summed E-state index contributed by atoms with van der Waals surface area (Å²) in [4.78, 5) is 26.0. The van der Waals surface area contributed by atoms with Gasteiger partial charge in [-0.1, -0.05) is 20.8 Å². The van der Waals surface area contributed by atoms with Gasteiger partial charge in [0.15, 0.2) is 6.61 Å². The molecule has 0 bridgehead atoms. The number of rotatable bonds is 5. The van der Waals surface area contributed by atoms with Crippen LogP contribution in [0.3, 0.4) is 0 Å². The Hall–Kier alpha value is -1.14. The maximum atomic E-state index is 11.2. The minimum absolute atomic E-state index is 0.141. The first kappa shape index (κ1) is 13.9. The molecule has 1 atom stereocenters. The lowest BCUT2D eigenvalue weighted by atomic mass is 9.85. The predicted octanol–water partition coefficient (Wildman–Crippen LogP) is -0.717. The summed E-state index contributed by atoms with van der Waals surface area (Å²) in [7, 11) is 0. The quantitative estimate of drug-likeness (QED) is 0.528. The molecule has 0 saturated heterocycles. The van der Waals surface area contributed by atoms with E-state index in [2.05, 4.69) is 10.3 Å². The number of hydrogen-bond donors (Lipinski definition) is 3. The van der Waals surface area contributed by atoms with Crippen LogP contribution < -0.4 is 16.9 Å². The van der Waals surface area contributed by atoms with Crippen LogP contribution in [0.1, 0.15) is 27.2 Å². The fourth-order valence-corrected chi connectivity index (χ4v) is 0.735. The average Bonchev–Trinajstić information content (AvgIpc) is 2.01. The van der Waals surface area contributed by atoms with Crippen LogP contribution >= 0.6 is 0 Å². The molecule has 0 heterocycles. The van der Waals surface area contributed by atoms with Crippen molar-refractivity contribution in [2.75, 3.05) is 6.61 Å². The number of nitrogens with two attached hydrogens (primary N) is 2. The summed E-state index contributed by atoms with van der Waals surface area (Å²) in [5.41, 5.74) is 12.5. The zero-order valence-corrected chi connectivity index (χ0v) is 9.37. The third kappa shape index (κ3) is 6.87. The molecule has 0 saturated carbocycles. The van der Waals surface area contributed by atoms with Gasteiger partial charge in [-0.05, 0) is 5.41 Å². The number of primary amides is 1. The highest BCUT2D eigenvalue weighted by atomic mass is 16.7. The van der Waals surface area contributed by atoms with E-state index in [-0.39, 0.29) is 30.4 Å². The molecule has 0 spiro atoms. The van der Waals surface area contributed by atoms with Gasteiger partial charge in [-0.15, -0.1) is 0 Å². The fourth-order valence-electron chi connectivity index (χ4n) is 0.735. The number of carbonyl (C=O) groups is 2. The molecule has 1 unspecified atom stereocenters. The summed E-state index contributed by atoms with van der Waals surface area (Å²) < 4.78 is 0. The maximum absolute atomic E-state index is 11.2. The number of hydrogen-bond acceptors (Lipinski definition) is 4. The molecule has 0 aliphatic heterocycles. The Morgan fingerprint density at radius 2 is 1.93 bits per heavy atom. The van der Waals surface area contributed by atoms with Gasteiger partial charge >= 0.3 is 0 Å². The van der Waals surface area contributed by atoms with Crippen LogP contribution in [0.2, 0.25) is 0 Å². The Kier molecular flexibility index (Phi) is 5.24. The van der Waals surface area contributed by atoms with Gasteiger partial charge in [0.05, 0.1) is 0 Å². The van der Waals surface area contributed by atoms with Crippen LogP contribution in [-0.4, -0.2) is 24.5 Å². The first-order valence-electron chi connectivity index (χ1n) is 4.68. The maximum Gasteiger partial charge on any atom is 0.246 e. The Labute approximate surface area is 89.3 Å². The standard InChI is InChI=1S/C9H19N3O3/c1-9(2,3)6(10)4-8(14)12-15-5-7(11)13/h6H,4-5,10H2,1-3H3,(H2,11,13)(H,12,14). The number of nitrogens with one attached hydrogen (secondary N) is 1. The topological polar surface area (TPSA) is 107 Å². The smallest absolute Gasteiger partial charge is 0.246 e. The van der Waals surface area contributed by atoms with Crippen molar-refractivity contribution in [1.82, 2.24) is 5.48 Å². The van der Waals surface area contributed by atoms with E-state index >= 15 is 0 Å². The van der Waals surface area contributed by atoms with E-state index in [1.807, 2.05) is 20.8 Å². The van der Waals surface area contributed by atoms with Crippen molar-refractivity contribution in [2.24, 2.45) is 16.9 Å². The molecule has 6 nitrogen and oxygen atoms in total. The van der Waals surface area contributed by atoms with E-state index < -0.39 is 5.91 Å². The van der Waals surface area contributed by atoms with Crippen LogP contribution in [0.4, 0.5) is 0 Å². The third-order valence-electron chi connectivity index (χ3n) is 1.92. The number of amides is 2. The molecule has 0 aliphatic carbocycles. The summed E-state index contributed by atoms with van der Waals surface area (Å²) in [6.07, 6.45) is 0.141. The minimum atomic E-state index is -0.643. The van der Waals surface area contributed by atoms with Gasteiger partial charge in [-0.2, -0.15) is 0 Å². The van der Waals surface area contributed by atoms with Crippen molar-refractivity contribution in [1.29, 1.82) is 0 Å². The van der Waals surface area contributed by atoms with E-state index in [4.69, 9.17) is 11.5 Å². The van der Waals surface area contributed by atoms with Gasteiger partial charge in [0, 0.05) is 12.5 Å². The summed E-state index contributed by atoms with van der Waals surface area (Å²) in [6, 6.07) is -0.269. The monoisotopic (exact) mass is 217 g/mol. The van der Waals surface area contributed by atoms with Crippen LogP contribution in [0.15, 0.2) is 0 Å². The van der Waals surface area contributed by atoms with Gasteiger partial charge in [0.25, 0.3) is 0 Å². The normalized spacial score (nSPS) is 13.3. The van der Waals surface area contributed by atoms with Gasteiger partial charge < -0.3 is 11.5 Å². The molecule has 0 aliphatic rings. The Bertz CT molecular complexity index is 235. The lowest BCUT2D eigenvalue weighted by Gasteiger charge is -2.26. The molecule has 0 radical (unpaired) electrons. The number of carbonyl (C=O) groups excluding carboxylic acids is 2. The third-order valence-corrected chi connectivity index (χ3v) is 1.92. The van der Waals surface area contributed by atoms with Crippen molar-refractivity contribution in [3.63, 3.8) is 0 Å². The van der Waals surface area contributed by atoms with Crippen molar-refractivity contribution < 1.29 is 14.4 Å². The van der Waals surface area contributed by atoms with E-state index in [0.717, 1.165) is 0 Å². The van der Waals surface area contributed by atoms with Crippen LogP contribution in [-0.2, 0) is 14.4 Å². The van der Waals surface area contributed by atoms with E-state index in [9.17, 15) is 9.59 Å². The van der Waals surface area contributed by atoms with Gasteiger partial charge in [0.2, 0.25) is 11.8 Å². The molecule has 5 N–H and O–H groups in total. The molecule has 0 fully saturated rings. The van der Waals surface area contributed by atoms with Crippen LogP contribution in [0.25, 0.3) is 0 Å². The molecule has 2 amide bonds. The summed E-state index contributed by atoms with van der Waals surface area (Å²) in [5, 5.41) is 0. The minimum Gasteiger partial charge on any atom is -0.368 e. The van der Waals surface area contributed by atoms with Crippen molar-refractivity contribution in [2.45, 2.75) is 33.2 Å².